The predicted molar refractivity (Wildman–Crippen MR) is 90.7 cm³/mol. The molecule has 0 aromatic heterocycles. The smallest absolute Gasteiger partial charge is 0.123 e. The van der Waals surface area contributed by atoms with Gasteiger partial charge in [0, 0.05) is 24.2 Å². The lowest BCUT2D eigenvalue weighted by atomic mass is 9.93. The highest BCUT2D eigenvalue weighted by Crippen LogP contribution is 2.33. The Hall–Kier alpha value is -1.06. The van der Waals surface area contributed by atoms with Crippen molar-refractivity contribution in [3.63, 3.8) is 0 Å². The SMILES string of the molecule is CCC(N)C(c1ccccc1OC)N(CC(C)C)C(C)C. The number of methoxy groups -OCH3 is 1. The van der Waals surface area contributed by atoms with Gasteiger partial charge in [-0.25, -0.2) is 0 Å². The van der Waals surface area contributed by atoms with Gasteiger partial charge in [0.05, 0.1) is 13.2 Å². The number of nitrogens with two attached hydrogens (primary N) is 1. The van der Waals surface area contributed by atoms with Crippen LogP contribution in [-0.2, 0) is 0 Å². The molecule has 1 rings (SSSR count). The lowest BCUT2D eigenvalue weighted by molar-refractivity contribution is 0.112. The zero-order chi connectivity index (χ0) is 16.0. The highest BCUT2D eigenvalue weighted by Gasteiger charge is 2.30. The quantitative estimate of drug-likeness (QED) is 0.791. The van der Waals surface area contributed by atoms with Crippen LogP contribution in [0.5, 0.6) is 5.75 Å². The zero-order valence-corrected chi connectivity index (χ0v) is 14.5. The molecule has 0 amide bonds. The van der Waals surface area contributed by atoms with Gasteiger partial charge in [-0.05, 0) is 32.3 Å². The summed E-state index contributed by atoms with van der Waals surface area (Å²) in [6.07, 6.45) is 0.948. The second kappa shape index (κ2) is 8.40. The minimum atomic E-state index is 0.0995. The number of rotatable bonds is 8. The third-order valence-electron chi connectivity index (χ3n) is 3.93. The van der Waals surface area contributed by atoms with E-state index in [-0.39, 0.29) is 12.1 Å². The van der Waals surface area contributed by atoms with Crippen LogP contribution in [0.4, 0.5) is 0 Å². The van der Waals surface area contributed by atoms with Crippen LogP contribution in [0.1, 0.15) is 52.6 Å². The standard InChI is InChI=1S/C18H32N2O/c1-7-16(19)18(20(14(4)5)12-13(2)3)15-10-8-9-11-17(15)21-6/h8-11,13-14,16,18H,7,12,19H2,1-6H3. The summed E-state index contributed by atoms with van der Waals surface area (Å²) in [6.45, 7) is 12.2. The van der Waals surface area contributed by atoms with Crippen molar-refractivity contribution in [2.75, 3.05) is 13.7 Å². The van der Waals surface area contributed by atoms with Crippen LogP contribution in [0.2, 0.25) is 0 Å². The summed E-state index contributed by atoms with van der Waals surface area (Å²) in [7, 11) is 1.73. The third kappa shape index (κ3) is 4.72. The molecule has 1 aromatic rings. The molecule has 0 saturated heterocycles. The second-order valence-electron chi connectivity index (χ2n) is 6.44. The van der Waals surface area contributed by atoms with Crippen LogP contribution in [-0.4, -0.2) is 30.6 Å². The van der Waals surface area contributed by atoms with E-state index in [1.165, 1.54) is 5.56 Å². The predicted octanol–water partition coefficient (Wildman–Crippen LogP) is 3.84. The summed E-state index contributed by atoms with van der Waals surface area (Å²) in [5.74, 6) is 1.54. The molecule has 0 heterocycles. The van der Waals surface area contributed by atoms with E-state index in [1.807, 2.05) is 12.1 Å². The Morgan fingerprint density at radius 1 is 1.14 bits per heavy atom. The molecule has 0 saturated carbocycles. The third-order valence-corrected chi connectivity index (χ3v) is 3.93. The van der Waals surface area contributed by atoms with Crippen LogP contribution >= 0.6 is 0 Å². The first-order valence-electron chi connectivity index (χ1n) is 8.06. The summed E-state index contributed by atoms with van der Waals surface area (Å²) in [5, 5.41) is 0. The van der Waals surface area contributed by atoms with Crippen molar-refractivity contribution < 1.29 is 4.74 Å². The minimum Gasteiger partial charge on any atom is -0.496 e. The van der Waals surface area contributed by atoms with Crippen molar-refractivity contribution in [3.8, 4) is 5.75 Å². The molecule has 0 aliphatic heterocycles. The van der Waals surface area contributed by atoms with Gasteiger partial charge in [-0.1, -0.05) is 39.0 Å². The van der Waals surface area contributed by atoms with Crippen molar-refractivity contribution in [1.29, 1.82) is 0 Å². The van der Waals surface area contributed by atoms with Gasteiger partial charge in [0.1, 0.15) is 5.75 Å². The van der Waals surface area contributed by atoms with Gasteiger partial charge in [-0.15, -0.1) is 0 Å². The van der Waals surface area contributed by atoms with Gasteiger partial charge in [-0.2, -0.15) is 0 Å². The van der Waals surface area contributed by atoms with E-state index in [0.717, 1.165) is 18.7 Å². The summed E-state index contributed by atoms with van der Waals surface area (Å²) in [4.78, 5) is 2.51. The zero-order valence-electron chi connectivity index (χ0n) is 14.5. The molecule has 2 N–H and O–H groups in total. The Kier molecular flexibility index (Phi) is 7.20. The first kappa shape index (κ1) is 18.0. The van der Waals surface area contributed by atoms with E-state index in [0.29, 0.717) is 12.0 Å². The normalized spacial score (nSPS) is 14.8. The largest absolute Gasteiger partial charge is 0.496 e. The fraction of sp³-hybridized carbons (Fsp3) is 0.667. The fourth-order valence-electron chi connectivity index (χ4n) is 2.86. The monoisotopic (exact) mass is 292 g/mol. The summed E-state index contributed by atoms with van der Waals surface area (Å²) in [5.41, 5.74) is 7.69. The molecule has 2 unspecified atom stereocenters. The maximum Gasteiger partial charge on any atom is 0.123 e. The molecule has 21 heavy (non-hydrogen) atoms. The molecule has 0 fully saturated rings. The van der Waals surface area contributed by atoms with Crippen molar-refractivity contribution >= 4 is 0 Å². The molecular formula is C18H32N2O. The number of ether oxygens (including phenoxy) is 1. The van der Waals surface area contributed by atoms with Crippen LogP contribution < -0.4 is 10.5 Å². The van der Waals surface area contributed by atoms with E-state index in [2.05, 4.69) is 51.7 Å². The number of nitrogens with zero attached hydrogens (tertiary/aromatic N) is 1. The molecule has 3 nitrogen and oxygen atoms in total. The fourth-order valence-corrected chi connectivity index (χ4v) is 2.86. The van der Waals surface area contributed by atoms with Gasteiger partial charge in [0.25, 0.3) is 0 Å². The Balaban J connectivity index is 3.25. The Labute approximate surface area is 130 Å². The molecule has 3 heteroatoms. The topological polar surface area (TPSA) is 38.5 Å². The van der Waals surface area contributed by atoms with E-state index in [1.54, 1.807) is 7.11 Å². The first-order chi connectivity index (χ1) is 9.92. The molecule has 0 radical (unpaired) electrons. The first-order valence-corrected chi connectivity index (χ1v) is 8.06. The highest BCUT2D eigenvalue weighted by atomic mass is 16.5. The van der Waals surface area contributed by atoms with Gasteiger partial charge in [0.15, 0.2) is 0 Å². The molecule has 120 valence electrons. The molecule has 2 atom stereocenters. The van der Waals surface area contributed by atoms with E-state index < -0.39 is 0 Å². The maximum atomic E-state index is 6.49. The van der Waals surface area contributed by atoms with E-state index in [4.69, 9.17) is 10.5 Å². The lowest BCUT2D eigenvalue weighted by Gasteiger charge is -2.40. The molecule has 0 spiro atoms. The number of hydrogen-bond donors (Lipinski definition) is 1. The number of para-hydroxylation sites is 1. The van der Waals surface area contributed by atoms with Gasteiger partial charge >= 0.3 is 0 Å². The summed E-state index contributed by atoms with van der Waals surface area (Å²) in [6, 6.07) is 8.99. The molecular weight excluding hydrogens is 260 g/mol. The van der Waals surface area contributed by atoms with E-state index >= 15 is 0 Å². The van der Waals surface area contributed by atoms with Crippen LogP contribution in [0.25, 0.3) is 0 Å². The van der Waals surface area contributed by atoms with Crippen molar-refractivity contribution in [1.82, 2.24) is 4.90 Å². The maximum absolute atomic E-state index is 6.49. The molecule has 1 aromatic carbocycles. The van der Waals surface area contributed by atoms with Gasteiger partial charge in [0.2, 0.25) is 0 Å². The Morgan fingerprint density at radius 2 is 1.76 bits per heavy atom. The Morgan fingerprint density at radius 3 is 2.24 bits per heavy atom. The minimum absolute atomic E-state index is 0.0995. The molecule has 0 bridgehead atoms. The molecule has 0 aliphatic carbocycles. The molecule has 0 aliphatic rings. The number of benzene rings is 1. The summed E-state index contributed by atoms with van der Waals surface area (Å²) < 4.78 is 5.57. The van der Waals surface area contributed by atoms with Crippen molar-refractivity contribution in [2.45, 2.75) is 59.2 Å². The van der Waals surface area contributed by atoms with Gasteiger partial charge < -0.3 is 10.5 Å². The Bertz CT molecular complexity index is 417. The lowest BCUT2D eigenvalue weighted by Crippen LogP contribution is -2.45. The summed E-state index contributed by atoms with van der Waals surface area (Å²) >= 11 is 0. The average Bonchev–Trinajstić information content (AvgIpc) is 2.46. The van der Waals surface area contributed by atoms with E-state index in [9.17, 15) is 0 Å². The van der Waals surface area contributed by atoms with Gasteiger partial charge in [-0.3, -0.25) is 4.90 Å². The van der Waals surface area contributed by atoms with Crippen LogP contribution in [0, 0.1) is 5.92 Å². The van der Waals surface area contributed by atoms with Crippen molar-refractivity contribution in [3.05, 3.63) is 29.8 Å². The van der Waals surface area contributed by atoms with Crippen LogP contribution in [0.3, 0.4) is 0 Å². The second-order valence-corrected chi connectivity index (χ2v) is 6.44. The van der Waals surface area contributed by atoms with Crippen molar-refractivity contribution in [2.24, 2.45) is 11.7 Å². The number of hydrogen-bond acceptors (Lipinski definition) is 3. The highest BCUT2D eigenvalue weighted by molar-refractivity contribution is 5.37. The average molecular weight is 292 g/mol. The van der Waals surface area contributed by atoms with Crippen LogP contribution in [0.15, 0.2) is 24.3 Å².